The third-order valence-electron chi connectivity index (χ3n) is 6.80. The van der Waals surface area contributed by atoms with Gasteiger partial charge in [-0.3, -0.25) is 0 Å². The minimum atomic E-state index is -0.819. The molecule has 3 aliphatic rings. The van der Waals surface area contributed by atoms with E-state index in [2.05, 4.69) is 30.0 Å². The van der Waals surface area contributed by atoms with Gasteiger partial charge in [0.1, 0.15) is 0 Å². The molecular formula is C24H30N2O. The summed E-state index contributed by atoms with van der Waals surface area (Å²) in [5.41, 5.74) is 3.28. The largest absolute Gasteiger partial charge is 0.385 e. The molecule has 27 heavy (non-hydrogen) atoms. The zero-order valence-corrected chi connectivity index (χ0v) is 16.1. The van der Waals surface area contributed by atoms with E-state index >= 15 is 0 Å². The van der Waals surface area contributed by atoms with Gasteiger partial charge in [-0.25, -0.2) is 0 Å². The second-order valence-corrected chi connectivity index (χ2v) is 8.29. The van der Waals surface area contributed by atoms with Crippen LogP contribution >= 0.6 is 0 Å². The number of aryl methyl sites for hydroxylation is 2. The first-order valence-electron chi connectivity index (χ1n) is 10.1. The van der Waals surface area contributed by atoms with Crippen LogP contribution < -0.4 is 0 Å². The monoisotopic (exact) mass is 362 g/mol. The minimum Gasteiger partial charge on any atom is -0.385 e. The highest BCUT2D eigenvalue weighted by Crippen LogP contribution is 2.45. The Kier molecular flexibility index (Phi) is 5.04. The maximum Gasteiger partial charge on any atom is 0.0991 e. The van der Waals surface area contributed by atoms with Crippen molar-refractivity contribution in [1.82, 2.24) is 4.90 Å². The topological polar surface area (TPSA) is 47.3 Å². The first-order chi connectivity index (χ1) is 13.1. The molecule has 0 aromatic heterocycles. The van der Waals surface area contributed by atoms with Crippen LogP contribution in [0.25, 0.3) is 0 Å². The van der Waals surface area contributed by atoms with E-state index in [0.717, 1.165) is 18.5 Å². The van der Waals surface area contributed by atoms with E-state index < -0.39 is 5.60 Å². The van der Waals surface area contributed by atoms with Crippen LogP contribution in [-0.2, 0) is 12.0 Å². The fourth-order valence-electron chi connectivity index (χ4n) is 5.11. The Morgan fingerprint density at radius 2 is 1.93 bits per heavy atom. The van der Waals surface area contributed by atoms with E-state index in [1.54, 1.807) is 0 Å². The molecule has 3 nitrogen and oxygen atoms in total. The molecular weight excluding hydrogens is 332 g/mol. The average Bonchev–Trinajstić information content (AvgIpc) is 2.74. The molecule has 1 N–H and O–H groups in total. The fourth-order valence-corrected chi connectivity index (χ4v) is 5.11. The van der Waals surface area contributed by atoms with E-state index in [9.17, 15) is 10.4 Å². The lowest BCUT2D eigenvalue weighted by atomic mass is 9.66. The van der Waals surface area contributed by atoms with Crippen molar-refractivity contribution in [3.8, 4) is 6.07 Å². The van der Waals surface area contributed by atoms with Crippen LogP contribution in [0.1, 0.15) is 42.9 Å². The van der Waals surface area contributed by atoms with Gasteiger partial charge in [-0.05, 0) is 80.4 Å². The maximum absolute atomic E-state index is 12.0. The average molecular weight is 363 g/mol. The molecule has 2 bridgehead atoms. The standard InChI is InChI=1S/C24H28N2O.H2/c1-18-7-8-19(16-25)15-21(18)9-12-24(27,22-5-3-2-4-6-22)23-17-26-13-10-20(23)11-14-26;/h2-8,15,20,23,27H,9-14,17H2,1H3;1H. The van der Waals surface area contributed by atoms with Crippen molar-refractivity contribution in [2.75, 3.05) is 19.6 Å². The molecule has 2 unspecified atom stereocenters. The van der Waals surface area contributed by atoms with E-state index in [1.165, 1.54) is 37.1 Å². The van der Waals surface area contributed by atoms with Crippen LogP contribution in [-0.4, -0.2) is 29.6 Å². The van der Waals surface area contributed by atoms with E-state index in [-0.39, 0.29) is 7.34 Å². The van der Waals surface area contributed by atoms with Crippen LogP contribution in [0, 0.1) is 30.1 Å². The lowest BCUT2D eigenvalue weighted by molar-refractivity contribution is -0.106. The highest BCUT2D eigenvalue weighted by atomic mass is 16.3. The molecule has 3 heterocycles. The Morgan fingerprint density at radius 1 is 1.19 bits per heavy atom. The smallest absolute Gasteiger partial charge is 0.0991 e. The summed E-state index contributed by atoms with van der Waals surface area (Å²) in [6.45, 7) is 5.43. The molecule has 3 aliphatic heterocycles. The van der Waals surface area contributed by atoms with Crippen LogP contribution in [0.3, 0.4) is 0 Å². The maximum atomic E-state index is 12.0. The summed E-state index contributed by atoms with van der Waals surface area (Å²) >= 11 is 0. The quantitative estimate of drug-likeness (QED) is 0.864. The number of benzene rings is 2. The number of fused-ring (bicyclic) bond motifs is 3. The summed E-state index contributed by atoms with van der Waals surface area (Å²) < 4.78 is 0. The lowest BCUT2D eigenvalue weighted by Crippen LogP contribution is -2.55. The Bertz CT molecular complexity index is 839. The molecule has 3 heteroatoms. The van der Waals surface area contributed by atoms with Crippen molar-refractivity contribution < 1.29 is 6.53 Å². The predicted molar refractivity (Wildman–Crippen MR) is 109 cm³/mol. The molecule has 3 saturated heterocycles. The highest BCUT2D eigenvalue weighted by molar-refractivity contribution is 5.38. The van der Waals surface area contributed by atoms with Crippen molar-refractivity contribution in [3.63, 3.8) is 0 Å². The van der Waals surface area contributed by atoms with Gasteiger partial charge in [0, 0.05) is 13.9 Å². The van der Waals surface area contributed by atoms with Crippen molar-refractivity contribution in [2.24, 2.45) is 11.8 Å². The predicted octanol–water partition coefficient (Wildman–Crippen LogP) is 4.27. The Balaban J connectivity index is 0.00000225. The van der Waals surface area contributed by atoms with E-state index in [0.29, 0.717) is 17.9 Å². The van der Waals surface area contributed by atoms with E-state index in [1.807, 2.05) is 36.4 Å². The van der Waals surface area contributed by atoms with Gasteiger partial charge in [0.2, 0.25) is 0 Å². The van der Waals surface area contributed by atoms with Gasteiger partial charge in [-0.2, -0.15) is 5.26 Å². The Labute approximate surface area is 163 Å². The number of hydrogen-bond acceptors (Lipinski definition) is 3. The molecule has 2 aromatic rings. The zero-order chi connectivity index (χ0) is 18.9. The number of hydrogen-bond donors (Lipinski definition) is 1. The summed E-state index contributed by atoms with van der Waals surface area (Å²) in [4.78, 5) is 2.51. The second kappa shape index (κ2) is 7.46. The molecule has 0 saturated carbocycles. The summed E-state index contributed by atoms with van der Waals surface area (Å²) in [5, 5.41) is 21.2. The molecule has 2 atom stereocenters. The number of rotatable bonds is 5. The van der Waals surface area contributed by atoms with Crippen LogP contribution in [0.2, 0.25) is 0 Å². The minimum absolute atomic E-state index is 0. The zero-order valence-electron chi connectivity index (χ0n) is 16.1. The van der Waals surface area contributed by atoms with Crippen LogP contribution in [0.4, 0.5) is 0 Å². The highest BCUT2D eigenvalue weighted by Gasteiger charge is 2.47. The van der Waals surface area contributed by atoms with Crippen molar-refractivity contribution in [3.05, 3.63) is 70.8 Å². The van der Waals surface area contributed by atoms with Crippen molar-refractivity contribution in [1.29, 1.82) is 5.26 Å². The summed E-state index contributed by atoms with van der Waals surface area (Å²) in [6, 6.07) is 18.3. The summed E-state index contributed by atoms with van der Waals surface area (Å²) in [6.07, 6.45) is 3.88. The Hall–Kier alpha value is -2.15. The number of nitrogens with zero attached hydrogens (tertiary/aromatic N) is 2. The molecule has 2 aromatic carbocycles. The molecule has 0 spiro atoms. The van der Waals surface area contributed by atoms with Gasteiger partial charge in [-0.15, -0.1) is 0 Å². The molecule has 142 valence electrons. The molecule has 0 aliphatic carbocycles. The molecule has 0 radical (unpaired) electrons. The fraction of sp³-hybridized carbons (Fsp3) is 0.458. The lowest BCUT2D eigenvalue weighted by Gasteiger charge is -2.51. The van der Waals surface area contributed by atoms with Gasteiger partial charge in [0.15, 0.2) is 0 Å². The number of nitriles is 1. The SMILES string of the molecule is Cc1ccc(C#N)cc1CCC(O)(c1ccccc1)C1CN2CCC1CC2.[HH]. The van der Waals surface area contributed by atoms with Gasteiger partial charge < -0.3 is 10.0 Å². The van der Waals surface area contributed by atoms with Crippen LogP contribution in [0.5, 0.6) is 0 Å². The normalized spacial score (nSPS) is 26.3. The third kappa shape index (κ3) is 3.52. The first kappa shape index (κ1) is 18.2. The van der Waals surface area contributed by atoms with Gasteiger partial charge in [0.05, 0.1) is 17.2 Å². The Morgan fingerprint density at radius 3 is 2.56 bits per heavy atom. The van der Waals surface area contributed by atoms with Gasteiger partial charge in [0.25, 0.3) is 0 Å². The number of piperidine rings is 3. The van der Waals surface area contributed by atoms with Gasteiger partial charge in [-0.1, -0.05) is 36.4 Å². The second-order valence-electron chi connectivity index (χ2n) is 8.29. The molecule has 5 rings (SSSR count). The molecule has 0 amide bonds. The van der Waals surface area contributed by atoms with Gasteiger partial charge >= 0.3 is 0 Å². The first-order valence-corrected chi connectivity index (χ1v) is 10.1. The van der Waals surface area contributed by atoms with Crippen molar-refractivity contribution in [2.45, 2.75) is 38.2 Å². The summed E-state index contributed by atoms with van der Waals surface area (Å²) in [5.74, 6) is 0.883. The van der Waals surface area contributed by atoms with Crippen molar-refractivity contribution >= 4 is 0 Å². The summed E-state index contributed by atoms with van der Waals surface area (Å²) in [7, 11) is 0. The number of aliphatic hydroxyl groups is 1. The molecule has 3 fully saturated rings. The van der Waals surface area contributed by atoms with E-state index in [4.69, 9.17) is 0 Å². The third-order valence-corrected chi connectivity index (χ3v) is 6.80. The van der Waals surface area contributed by atoms with Crippen LogP contribution in [0.15, 0.2) is 48.5 Å².